The van der Waals surface area contributed by atoms with Gasteiger partial charge in [0.25, 0.3) is 5.97 Å². The molecule has 0 bridgehead atoms. The van der Waals surface area contributed by atoms with Crippen molar-refractivity contribution < 1.29 is 70.8 Å². The molecule has 0 saturated heterocycles. The predicted octanol–water partition coefficient (Wildman–Crippen LogP) is -0.792. The second-order valence-electron chi connectivity index (χ2n) is 2.76. The number of carboxylic acids is 1. The van der Waals surface area contributed by atoms with Gasteiger partial charge in [-0.25, -0.2) is 0 Å². The van der Waals surface area contributed by atoms with Crippen LogP contribution in [0.4, 0.5) is 0 Å². The molecule has 0 aromatic heterocycles. The molecule has 0 radical (unpaired) electrons. The Kier molecular flexibility index (Phi) is 25.2. The molecular weight excluding hydrogens is 249 g/mol. The zero-order chi connectivity index (χ0) is 12.8. The summed E-state index contributed by atoms with van der Waals surface area (Å²) in [5, 5.41) is 12.0. The molecule has 0 rings (SSSR count). The summed E-state index contributed by atoms with van der Waals surface area (Å²) in [4.78, 5) is 20.9. The standard InChI is InChI=1S/C9H16NO4.C2H6.K/c1-2-14-9(13)5-3-4-6-10-7-8(11)12;1-2;/h2-7H2,1H3,(H,11,12);1-2H3;/q-1;;+1. The molecule has 0 amide bonds. The Balaban J connectivity index is -0.000000616. The van der Waals surface area contributed by atoms with E-state index in [1.165, 1.54) is 0 Å². The fourth-order valence-corrected chi connectivity index (χ4v) is 0.901. The van der Waals surface area contributed by atoms with Crippen molar-refractivity contribution in [1.29, 1.82) is 0 Å². The monoisotopic (exact) mass is 271 g/mol. The van der Waals surface area contributed by atoms with Crippen molar-refractivity contribution in [2.45, 2.75) is 40.0 Å². The van der Waals surface area contributed by atoms with E-state index in [2.05, 4.69) is 5.32 Å². The van der Waals surface area contributed by atoms with Gasteiger partial charge in [0, 0.05) is 6.42 Å². The molecule has 0 spiro atoms. The molecule has 17 heavy (non-hydrogen) atoms. The quantitative estimate of drug-likeness (QED) is 0.356. The number of carbonyl (C=O) groups is 2. The van der Waals surface area contributed by atoms with Gasteiger partial charge in [0.2, 0.25) is 0 Å². The second kappa shape index (κ2) is 18.9. The molecule has 0 fully saturated rings. The minimum atomic E-state index is -0.921. The summed E-state index contributed by atoms with van der Waals surface area (Å²) >= 11 is 0. The predicted molar refractivity (Wildman–Crippen MR) is 62.6 cm³/mol. The zero-order valence-electron chi connectivity index (χ0n) is 11.4. The second-order valence-corrected chi connectivity index (χ2v) is 2.76. The molecule has 0 aromatic rings. The van der Waals surface area contributed by atoms with Gasteiger partial charge in [-0.05, 0) is 19.9 Å². The van der Waals surface area contributed by atoms with Crippen LogP contribution in [0.2, 0.25) is 0 Å². The van der Waals surface area contributed by atoms with Crippen molar-refractivity contribution in [3.8, 4) is 0 Å². The van der Waals surface area contributed by atoms with E-state index in [0.29, 0.717) is 26.0 Å². The molecule has 0 heterocycles. The number of hydrogen-bond donors (Lipinski definition) is 1. The molecule has 1 N–H and O–H groups in total. The summed E-state index contributed by atoms with van der Waals surface area (Å²) in [7, 11) is 0. The topological polar surface area (TPSA) is 77.7 Å². The third kappa shape index (κ3) is 22.2. The smallest absolute Gasteiger partial charge is 0.653 e. The van der Waals surface area contributed by atoms with Crippen LogP contribution in [-0.2, 0) is 14.3 Å². The largest absolute Gasteiger partial charge is 1.00 e. The molecule has 6 heteroatoms. The van der Waals surface area contributed by atoms with Crippen LogP contribution in [0.3, 0.4) is 0 Å². The third-order valence-electron chi connectivity index (χ3n) is 1.50. The van der Waals surface area contributed by atoms with Gasteiger partial charge in [0.1, 0.15) is 0 Å². The van der Waals surface area contributed by atoms with Crippen LogP contribution in [0.15, 0.2) is 0 Å². The van der Waals surface area contributed by atoms with Gasteiger partial charge < -0.3 is 15.2 Å². The van der Waals surface area contributed by atoms with Crippen LogP contribution in [0.25, 0.3) is 5.32 Å². The fraction of sp³-hybridized carbons (Fsp3) is 0.818. The Morgan fingerprint density at radius 3 is 2.29 bits per heavy atom. The third-order valence-corrected chi connectivity index (χ3v) is 1.50. The molecule has 0 aromatic carbocycles. The van der Waals surface area contributed by atoms with Crippen LogP contribution in [0.5, 0.6) is 0 Å². The van der Waals surface area contributed by atoms with Gasteiger partial charge in [-0.1, -0.05) is 20.3 Å². The Labute approximate surface area is 146 Å². The number of ether oxygens (including phenoxy) is 1. The fourth-order valence-electron chi connectivity index (χ4n) is 0.901. The van der Waals surface area contributed by atoms with Crippen LogP contribution >= 0.6 is 0 Å². The van der Waals surface area contributed by atoms with E-state index in [-0.39, 0.29) is 63.9 Å². The first kappa shape index (κ1) is 22.7. The van der Waals surface area contributed by atoms with E-state index in [1.807, 2.05) is 13.8 Å². The van der Waals surface area contributed by atoms with Crippen LogP contribution in [-0.4, -0.2) is 36.7 Å². The van der Waals surface area contributed by atoms with Crippen molar-refractivity contribution in [1.82, 2.24) is 0 Å². The number of esters is 1. The number of aliphatic carboxylic acids is 1. The van der Waals surface area contributed by atoms with Gasteiger partial charge in [0.15, 0.2) is 0 Å². The number of carbonyl (C=O) groups excluding carboxylic acids is 1. The SMILES string of the molecule is CC.CCOC(=O)CCCC[N-]CC(=O)O.[K+]. The van der Waals surface area contributed by atoms with Crippen molar-refractivity contribution in [3.05, 3.63) is 5.32 Å². The first-order valence-electron chi connectivity index (χ1n) is 5.67. The summed E-state index contributed by atoms with van der Waals surface area (Å²) in [6.45, 7) is 6.51. The van der Waals surface area contributed by atoms with E-state index in [9.17, 15) is 9.59 Å². The number of carboxylic acid groups (broad SMARTS) is 1. The van der Waals surface area contributed by atoms with E-state index in [0.717, 1.165) is 6.42 Å². The van der Waals surface area contributed by atoms with Crippen LogP contribution in [0.1, 0.15) is 40.0 Å². The Morgan fingerprint density at radius 1 is 1.24 bits per heavy atom. The van der Waals surface area contributed by atoms with E-state index < -0.39 is 5.97 Å². The maximum Gasteiger partial charge on any atom is 1.00 e. The molecule has 0 aliphatic carbocycles. The molecule has 0 saturated carbocycles. The number of unbranched alkanes of at least 4 members (excludes halogenated alkanes) is 1. The normalized spacial score (nSPS) is 8.41. The Morgan fingerprint density at radius 2 is 1.82 bits per heavy atom. The van der Waals surface area contributed by atoms with Crippen LogP contribution < -0.4 is 51.4 Å². The summed E-state index contributed by atoms with van der Waals surface area (Å²) < 4.78 is 4.72. The van der Waals surface area contributed by atoms with Crippen molar-refractivity contribution in [2.24, 2.45) is 0 Å². The van der Waals surface area contributed by atoms with Gasteiger partial charge in [-0.3, -0.25) is 9.59 Å². The number of nitrogens with zero attached hydrogens (tertiary/aromatic N) is 1. The van der Waals surface area contributed by atoms with Crippen molar-refractivity contribution >= 4 is 11.9 Å². The van der Waals surface area contributed by atoms with Gasteiger partial charge in [-0.2, -0.15) is 0 Å². The molecule has 0 aliphatic rings. The first-order chi connectivity index (χ1) is 7.66. The van der Waals surface area contributed by atoms with E-state index in [1.54, 1.807) is 6.92 Å². The molecule has 0 unspecified atom stereocenters. The molecule has 96 valence electrons. The maximum absolute atomic E-state index is 10.8. The Bertz CT molecular complexity index is 188. The Hall–Kier alpha value is 0.536. The van der Waals surface area contributed by atoms with Crippen molar-refractivity contribution in [3.63, 3.8) is 0 Å². The molecule has 0 aliphatic heterocycles. The summed E-state index contributed by atoms with van der Waals surface area (Å²) in [5.74, 6) is -1.12. The molecule has 0 atom stereocenters. The number of rotatable bonds is 8. The maximum atomic E-state index is 10.8. The summed E-state index contributed by atoms with van der Waals surface area (Å²) in [6.07, 6.45) is 1.81. The van der Waals surface area contributed by atoms with Crippen molar-refractivity contribution in [2.75, 3.05) is 19.7 Å². The first-order valence-corrected chi connectivity index (χ1v) is 5.67. The van der Waals surface area contributed by atoms with Gasteiger partial charge in [0.05, 0.1) is 6.61 Å². The van der Waals surface area contributed by atoms with Gasteiger partial charge >= 0.3 is 57.4 Å². The summed E-state index contributed by atoms with van der Waals surface area (Å²) in [6, 6.07) is 0. The molecule has 5 nitrogen and oxygen atoms in total. The average molecular weight is 271 g/mol. The van der Waals surface area contributed by atoms with Crippen LogP contribution in [0, 0.1) is 0 Å². The van der Waals surface area contributed by atoms with Gasteiger partial charge in [-0.15, -0.1) is 6.54 Å². The minimum absolute atomic E-state index is 0. The zero-order valence-corrected chi connectivity index (χ0v) is 14.5. The number of hydrogen-bond acceptors (Lipinski definition) is 3. The molecular formula is C11H22KNO4. The average Bonchev–Trinajstić information content (AvgIpc) is 2.26. The summed E-state index contributed by atoms with van der Waals surface area (Å²) in [5.41, 5.74) is 0. The minimum Gasteiger partial charge on any atom is -0.653 e. The van der Waals surface area contributed by atoms with E-state index in [4.69, 9.17) is 9.84 Å². The van der Waals surface area contributed by atoms with E-state index >= 15 is 0 Å².